The van der Waals surface area contributed by atoms with Crippen LogP contribution in [0.5, 0.6) is 11.5 Å². The number of carbonyl (C=O) groups is 2. The van der Waals surface area contributed by atoms with Crippen LogP contribution in [0.4, 0.5) is 15.8 Å². The maximum atomic E-state index is 12.9. The highest BCUT2D eigenvalue weighted by Gasteiger charge is 2.18. The monoisotopic (exact) mass is 330 g/mol. The molecule has 0 bridgehead atoms. The van der Waals surface area contributed by atoms with Gasteiger partial charge < -0.3 is 20.1 Å². The number of ether oxygens (including phenoxy) is 2. The quantitative estimate of drug-likeness (QED) is 0.903. The first-order valence-electron chi connectivity index (χ1n) is 7.31. The van der Waals surface area contributed by atoms with Crippen molar-refractivity contribution in [1.82, 2.24) is 0 Å². The highest BCUT2D eigenvalue weighted by molar-refractivity contribution is 5.98. The first kappa shape index (κ1) is 15.8. The second-order valence-corrected chi connectivity index (χ2v) is 5.25. The standard InChI is InChI=1S/C17H15FN2O4/c1-10(24-13-5-2-11(18)3-6-13)17(22)19-12-4-7-15-14(8-12)20-16(21)9-23-15/h2-8,10H,9H2,1H3,(H,19,22)(H,20,21)/t10-/m0/s1. The minimum absolute atomic E-state index is 0.0265. The molecule has 0 saturated heterocycles. The number of hydrogen-bond acceptors (Lipinski definition) is 4. The van der Waals surface area contributed by atoms with E-state index < -0.39 is 6.10 Å². The predicted octanol–water partition coefficient (Wildman–Crippen LogP) is 2.56. The lowest BCUT2D eigenvalue weighted by Gasteiger charge is -2.19. The van der Waals surface area contributed by atoms with Crippen LogP contribution in [0.25, 0.3) is 0 Å². The zero-order valence-corrected chi connectivity index (χ0v) is 12.8. The SMILES string of the molecule is C[C@H](Oc1ccc(F)cc1)C(=O)Nc1ccc2c(c1)NC(=O)CO2. The van der Waals surface area contributed by atoms with Crippen molar-refractivity contribution in [3.05, 3.63) is 48.3 Å². The van der Waals surface area contributed by atoms with Gasteiger partial charge in [0.25, 0.3) is 11.8 Å². The summed E-state index contributed by atoms with van der Waals surface area (Å²) in [5.74, 6) is -0.0625. The smallest absolute Gasteiger partial charge is 0.265 e. The van der Waals surface area contributed by atoms with Gasteiger partial charge >= 0.3 is 0 Å². The highest BCUT2D eigenvalue weighted by atomic mass is 19.1. The summed E-state index contributed by atoms with van der Waals surface area (Å²) >= 11 is 0. The number of fused-ring (bicyclic) bond motifs is 1. The van der Waals surface area contributed by atoms with Crippen molar-refractivity contribution in [2.45, 2.75) is 13.0 Å². The molecule has 2 N–H and O–H groups in total. The van der Waals surface area contributed by atoms with Crippen LogP contribution < -0.4 is 20.1 Å². The molecule has 2 amide bonds. The maximum Gasteiger partial charge on any atom is 0.265 e. The van der Waals surface area contributed by atoms with Gasteiger partial charge in [-0.2, -0.15) is 0 Å². The lowest BCUT2D eigenvalue weighted by atomic mass is 10.2. The minimum atomic E-state index is -0.780. The number of amides is 2. The van der Waals surface area contributed by atoms with E-state index >= 15 is 0 Å². The van der Waals surface area contributed by atoms with Crippen LogP contribution in [0.1, 0.15) is 6.92 Å². The van der Waals surface area contributed by atoms with Gasteiger partial charge in [-0.25, -0.2) is 4.39 Å². The molecule has 0 spiro atoms. The van der Waals surface area contributed by atoms with Gasteiger partial charge in [-0.3, -0.25) is 9.59 Å². The fourth-order valence-electron chi connectivity index (χ4n) is 2.18. The summed E-state index contributed by atoms with van der Waals surface area (Å²) in [5.41, 5.74) is 0.996. The number of nitrogens with one attached hydrogen (secondary N) is 2. The topological polar surface area (TPSA) is 76.7 Å². The number of benzene rings is 2. The van der Waals surface area contributed by atoms with Gasteiger partial charge in [0, 0.05) is 5.69 Å². The Hall–Kier alpha value is -3.09. The van der Waals surface area contributed by atoms with Gasteiger partial charge in [-0.05, 0) is 49.4 Å². The van der Waals surface area contributed by atoms with E-state index in [-0.39, 0.29) is 24.2 Å². The third-order valence-corrected chi connectivity index (χ3v) is 3.38. The molecule has 6 nitrogen and oxygen atoms in total. The molecular weight excluding hydrogens is 315 g/mol. The normalized spacial score (nSPS) is 14.0. The molecule has 1 aliphatic rings. The second-order valence-electron chi connectivity index (χ2n) is 5.25. The summed E-state index contributed by atoms with van der Waals surface area (Å²) < 4.78 is 23.6. The van der Waals surface area contributed by atoms with Gasteiger partial charge in [-0.1, -0.05) is 0 Å². The molecule has 0 unspecified atom stereocenters. The number of rotatable bonds is 4. The second kappa shape index (κ2) is 6.57. The van der Waals surface area contributed by atoms with Crippen LogP contribution in [0.15, 0.2) is 42.5 Å². The molecule has 0 aromatic heterocycles. The van der Waals surface area contributed by atoms with Gasteiger partial charge in [0.2, 0.25) is 0 Å². The summed E-state index contributed by atoms with van der Waals surface area (Å²) in [6.07, 6.45) is -0.780. The summed E-state index contributed by atoms with van der Waals surface area (Å²) in [7, 11) is 0. The van der Waals surface area contributed by atoms with Gasteiger partial charge in [0.15, 0.2) is 12.7 Å². The summed E-state index contributed by atoms with van der Waals surface area (Å²) in [6.45, 7) is 1.56. The summed E-state index contributed by atoms with van der Waals surface area (Å²) in [4.78, 5) is 23.5. The van der Waals surface area contributed by atoms with Crippen molar-refractivity contribution in [3.8, 4) is 11.5 Å². The number of carbonyl (C=O) groups excluding carboxylic acids is 2. The molecular formula is C17H15FN2O4. The van der Waals surface area contributed by atoms with E-state index in [2.05, 4.69) is 10.6 Å². The van der Waals surface area contributed by atoms with Crippen molar-refractivity contribution >= 4 is 23.2 Å². The molecule has 1 heterocycles. The van der Waals surface area contributed by atoms with Crippen LogP contribution in [0.3, 0.4) is 0 Å². The highest BCUT2D eigenvalue weighted by Crippen LogP contribution is 2.30. The molecule has 3 rings (SSSR count). The van der Waals surface area contributed by atoms with E-state index in [0.717, 1.165) is 0 Å². The molecule has 0 radical (unpaired) electrons. The first-order chi connectivity index (χ1) is 11.5. The van der Waals surface area contributed by atoms with Crippen molar-refractivity contribution in [3.63, 3.8) is 0 Å². The van der Waals surface area contributed by atoms with Crippen LogP contribution in [-0.2, 0) is 9.59 Å². The maximum absolute atomic E-state index is 12.9. The molecule has 0 fully saturated rings. The molecule has 0 aliphatic carbocycles. The van der Waals surface area contributed by atoms with Crippen LogP contribution in [-0.4, -0.2) is 24.5 Å². The molecule has 1 aliphatic heterocycles. The Bertz CT molecular complexity index is 777. The average Bonchev–Trinajstić information content (AvgIpc) is 2.56. The minimum Gasteiger partial charge on any atom is -0.482 e. The van der Waals surface area contributed by atoms with E-state index in [4.69, 9.17) is 9.47 Å². The summed E-state index contributed by atoms with van der Waals surface area (Å²) in [6, 6.07) is 10.3. The lowest BCUT2D eigenvalue weighted by molar-refractivity contribution is -0.122. The molecule has 2 aromatic rings. The molecule has 7 heteroatoms. The summed E-state index contributed by atoms with van der Waals surface area (Å²) in [5, 5.41) is 5.36. The van der Waals surface area contributed by atoms with E-state index in [1.165, 1.54) is 24.3 Å². The first-order valence-corrected chi connectivity index (χ1v) is 7.31. The molecule has 124 valence electrons. The van der Waals surface area contributed by atoms with Crippen LogP contribution >= 0.6 is 0 Å². The largest absolute Gasteiger partial charge is 0.482 e. The van der Waals surface area contributed by atoms with E-state index in [1.807, 2.05) is 0 Å². The molecule has 24 heavy (non-hydrogen) atoms. The molecule has 2 aromatic carbocycles. The fourth-order valence-corrected chi connectivity index (χ4v) is 2.18. The predicted molar refractivity (Wildman–Crippen MR) is 85.7 cm³/mol. The van der Waals surface area contributed by atoms with Crippen molar-refractivity contribution in [2.75, 3.05) is 17.2 Å². The zero-order chi connectivity index (χ0) is 17.1. The Labute approximate surface area is 137 Å². The van der Waals surface area contributed by atoms with E-state index in [1.54, 1.807) is 25.1 Å². The van der Waals surface area contributed by atoms with E-state index in [0.29, 0.717) is 22.9 Å². The number of hydrogen-bond donors (Lipinski definition) is 2. The lowest BCUT2D eigenvalue weighted by Crippen LogP contribution is -2.30. The van der Waals surface area contributed by atoms with Crippen molar-refractivity contribution in [2.24, 2.45) is 0 Å². The van der Waals surface area contributed by atoms with Gasteiger partial charge in [-0.15, -0.1) is 0 Å². The third kappa shape index (κ3) is 3.62. The number of halogens is 1. The van der Waals surface area contributed by atoms with E-state index in [9.17, 15) is 14.0 Å². The Morgan fingerprint density at radius 1 is 1.29 bits per heavy atom. The Morgan fingerprint density at radius 3 is 2.79 bits per heavy atom. The third-order valence-electron chi connectivity index (χ3n) is 3.38. The van der Waals surface area contributed by atoms with Crippen molar-refractivity contribution < 1.29 is 23.5 Å². The number of anilines is 2. The zero-order valence-electron chi connectivity index (χ0n) is 12.8. The fraction of sp³-hybridized carbons (Fsp3) is 0.176. The Balaban J connectivity index is 1.64. The average molecular weight is 330 g/mol. The Morgan fingerprint density at radius 2 is 2.04 bits per heavy atom. The van der Waals surface area contributed by atoms with Gasteiger partial charge in [0.1, 0.15) is 17.3 Å². The molecule has 1 atom stereocenters. The van der Waals surface area contributed by atoms with Crippen LogP contribution in [0.2, 0.25) is 0 Å². The molecule has 0 saturated carbocycles. The van der Waals surface area contributed by atoms with Gasteiger partial charge in [0.05, 0.1) is 5.69 Å². The Kier molecular flexibility index (Phi) is 4.33. The van der Waals surface area contributed by atoms with Crippen molar-refractivity contribution in [1.29, 1.82) is 0 Å². The van der Waals surface area contributed by atoms with Crippen LogP contribution in [0, 0.1) is 5.82 Å².